The SMILES string of the molecule is C=CC(=O)Oc1ccc(/C=C2/CCC/C(=C/c3ccc(C)cc3)C2=O)cc1. The van der Waals surface area contributed by atoms with E-state index in [0.29, 0.717) is 5.75 Å². The van der Waals surface area contributed by atoms with E-state index in [9.17, 15) is 9.59 Å². The second kappa shape index (κ2) is 8.45. The van der Waals surface area contributed by atoms with E-state index in [1.807, 2.05) is 43.3 Å². The Morgan fingerprint density at radius 1 is 0.926 bits per heavy atom. The lowest BCUT2D eigenvalue weighted by Crippen LogP contribution is -2.12. The fourth-order valence-electron chi connectivity index (χ4n) is 3.03. The van der Waals surface area contributed by atoms with Crippen LogP contribution in [0, 0.1) is 6.92 Å². The number of esters is 1. The Balaban J connectivity index is 1.77. The highest BCUT2D eigenvalue weighted by Crippen LogP contribution is 2.28. The molecule has 0 aliphatic heterocycles. The van der Waals surface area contributed by atoms with Gasteiger partial charge in [0, 0.05) is 17.2 Å². The van der Waals surface area contributed by atoms with E-state index in [4.69, 9.17) is 4.74 Å². The van der Waals surface area contributed by atoms with Gasteiger partial charge in [-0.2, -0.15) is 0 Å². The summed E-state index contributed by atoms with van der Waals surface area (Å²) >= 11 is 0. The van der Waals surface area contributed by atoms with Gasteiger partial charge >= 0.3 is 5.97 Å². The van der Waals surface area contributed by atoms with E-state index in [-0.39, 0.29) is 5.78 Å². The van der Waals surface area contributed by atoms with Crippen LogP contribution in [0.2, 0.25) is 0 Å². The van der Waals surface area contributed by atoms with Crippen molar-refractivity contribution < 1.29 is 14.3 Å². The monoisotopic (exact) mass is 358 g/mol. The average Bonchev–Trinajstić information content (AvgIpc) is 2.68. The molecule has 3 rings (SSSR count). The van der Waals surface area contributed by atoms with E-state index in [1.54, 1.807) is 12.1 Å². The lowest BCUT2D eigenvalue weighted by Gasteiger charge is -2.16. The number of ketones is 1. The summed E-state index contributed by atoms with van der Waals surface area (Å²) in [4.78, 5) is 24.1. The molecule has 2 aromatic carbocycles. The molecule has 0 heterocycles. The van der Waals surface area contributed by atoms with E-state index in [1.165, 1.54) is 5.56 Å². The maximum absolute atomic E-state index is 12.8. The molecule has 0 unspecified atom stereocenters. The van der Waals surface area contributed by atoms with Crippen LogP contribution in [0.5, 0.6) is 5.75 Å². The normalized spacial score (nSPS) is 17.1. The lowest BCUT2D eigenvalue weighted by atomic mass is 9.87. The Hall–Kier alpha value is -3.20. The maximum Gasteiger partial charge on any atom is 0.335 e. The molecule has 0 amide bonds. The van der Waals surface area contributed by atoms with E-state index in [0.717, 1.165) is 47.6 Å². The molecule has 1 aliphatic rings. The number of aryl methyl sites for hydroxylation is 1. The molecule has 3 nitrogen and oxygen atoms in total. The third-order valence-corrected chi connectivity index (χ3v) is 4.50. The third kappa shape index (κ3) is 4.91. The van der Waals surface area contributed by atoms with Crippen molar-refractivity contribution >= 4 is 23.9 Å². The molecular formula is C24H22O3. The zero-order chi connectivity index (χ0) is 19.2. The largest absolute Gasteiger partial charge is 0.423 e. The molecule has 27 heavy (non-hydrogen) atoms. The van der Waals surface area contributed by atoms with Crippen molar-refractivity contribution in [2.45, 2.75) is 26.2 Å². The molecule has 1 saturated carbocycles. The molecule has 1 fully saturated rings. The van der Waals surface area contributed by atoms with Gasteiger partial charge in [-0.3, -0.25) is 4.79 Å². The van der Waals surface area contributed by atoms with E-state index >= 15 is 0 Å². The number of allylic oxidation sites excluding steroid dienone is 2. The average molecular weight is 358 g/mol. The highest BCUT2D eigenvalue weighted by atomic mass is 16.5. The Bertz CT molecular complexity index is 913. The van der Waals surface area contributed by atoms with Gasteiger partial charge in [-0.15, -0.1) is 0 Å². The fraction of sp³-hybridized carbons (Fsp3) is 0.167. The second-order valence-electron chi connectivity index (χ2n) is 6.63. The number of carbonyl (C=O) groups is 2. The van der Waals surface area contributed by atoms with Crippen LogP contribution < -0.4 is 4.74 Å². The topological polar surface area (TPSA) is 43.4 Å². The van der Waals surface area contributed by atoms with Crippen LogP contribution in [0.1, 0.15) is 36.0 Å². The zero-order valence-electron chi connectivity index (χ0n) is 15.4. The fourth-order valence-corrected chi connectivity index (χ4v) is 3.03. The quantitative estimate of drug-likeness (QED) is 0.423. The highest BCUT2D eigenvalue weighted by Gasteiger charge is 2.20. The lowest BCUT2D eigenvalue weighted by molar-refractivity contribution is -0.129. The Kier molecular flexibility index (Phi) is 5.82. The van der Waals surface area contributed by atoms with E-state index in [2.05, 4.69) is 18.7 Å². The number of hydrogen-bond acceptors (Lipinski definition) is 3. The van der Waals surface area contributed by atoms with Crippen molar-refractivity contribution in [1.29, 1.82) is 0 Å². The molecule has 0 saturated heterocycles. The minimum Gasteiger partial charge on any atom is -0.423 e. The Labute approximate surface area is 159 Å². The zero-order valence-corrected chi connectivity index (χ0v) is 15.4. The summed E-state index contributed by atoms with van der Waals surface area (Å²) in [7, 11) is 0. The third-order valence-electron chi connectivity index (χ3n) is 4.50. The molecule has 0 spiro atoms. The second-order valence-corrected chi connectivity index (χ2v) is 6.63. The van der Waals surface area contributed by atoms with E-state index < -0.39 is 5.97 Å². The van der Waals surface area contributed by atoms with Crippen molar-refractivity contribution in [1.82, 2.24) is 0 Å². The summed E-state index contributed by atoms with van der Waals surface area (Å²) in [6.45, 7) is 5.42. The summed E-state index contributed by atoms with van der Waals surface area (Å²) in [6, 6.07) is 15.3. The van der Waals surface area contributed by atoms with Crippen molar-refractivity contribution in [3.63, 3.8) is 0 Å². The van der Waals surface area contributed by atoms with Gasteiger partial charge in [-0.1, -0.05) is 48.5 Å². The van der Waals surface area contributed by atoms with Crippen LogP contribution in [-0.4, -0.2) is 11.8 Å². The van der Waals surface area contributed by atoms with Gasteiger partial charge in [0.2, 0.25) is 0 Å². The first-order valence-electron chi connectivity index (χ1n) is 9.02. The van der Waals surface area contributed by atoms with Crippen molar-refractivity contribution in [3.05, 3.63) is 89.0 Å². The first kappa shape index (κ1) is 18.6. The van der Waals surface area contributed by atoms with Gasteiger partial charge in [0.15, 0.2) is 5.78 Å². The van der Waals surface area contributed by atoms with Crippen LogP contribution in [0.4, 0.5) is 0 Å². The predicted molar refractivity (Wildman–Crippen MR) is 108 cm³/mol. The molecule has 0 N–H and O–H groups in total. The molecular weight excluding hydrogens is 336 g/mol. The minimum atomic E-state index is -0.491. The number of carbonyl (C=O) groups excluding carboxylic acids is 2. The van der Waals surface area contributed by atoms with Crippen LogP contribution in [0.25, 0.3) is 12.2 Å². The molecule has 3 heteroatoms. The molecule has 0 bridgehead atoms. The summed E-state index contributed by atoms with van der Waals surface area (Å²) in [5, 5.41) is 0. The van der Waals surface area contributed by atoms with Gasteiger partial charge in [-0.05, 0) is 61.6 Å². The van der Waals surface area contributed by atoms with Crippen molar-refractivity contribution in [2.75, 3.05) is 0 Å². The summed E-state index contributed by atoms with van der Waals surface area (Å²) < 4.78 is 5.07. The molecule has 0 atom stereocenters. The van der Waals surface area contributed by atoms with Crippen LogP contribution in [-0.2, 0) is 9.59 Å². The molecule has 0 aromatic heterocycles. The van der Waals surface area contributed by atoms with Crippen LogP contribution in [0.15, 0.2) is 72.3 Å². The van der Waals surface area contributed by atoms with Crippen LogP contribution >= 0.6 is 0 Å². The smallest absolute Gasteiger partial charge is 0.335 e. The minimum absolute atomic E-state index is 0.115. The Morgan fingerprint density at radius 2 is 1.44 bits per heavy atom. The molecule has 0 radical (unpaired) electrons. The van der Waals surface area contributed by atoms with Gasteiger partial charge in [0.25, 0.3) is 0 Å². The van der Waals surface area contributed by atoms with Gasteiger partial charge in [0.1, 0.15) is 5.75 Å². The number of rotatable bonds is 4. The number of Topliss-reactive ketones (excluding diaryl/α,β-unsaturated/α-hetero) is 1. The molecule has 2 aromatic rings. The molecule has 1 aliphatic carbocycles. The van der Waals surface area contributed by atoms with Crippen molar-refractivity contribution in [2.24, 2.45) is 0 Å². The highest BCUT2D eigenvalue weighted by molar-refractivity contribution is 6.13. The van der Waals surface area contributed by atoms with Gasteiger partial charge in [-0.25, -0.2) is 4.79 Å². The molecule has 136 valence electrons. The van der Waals surface area contributed by atoms with Gasteiger partial charge < -0.3 is 4.74 Å². The number of ether oxygens (including phenoxy) is 1. The summed E-state index contributed by atoms with van der Waals surface area (Å²) in [5.41, 5.74) is 4.84. The first-order valence-corrected chi connectivity index (χ1v) is 9.02. The Morgan fingerprint density at radius 3 is 1.96 bits per heavy atom. The maximum atomic E-state index is 12.8. The first-order chi connectivity index (χ1) is 13.0. The number of hydrogen-bond donors (Lipinski definition) is 0. The standard InChI is InChI=1S/C24H22O3/c1-3-23(25)27-22-13-11-19(12-14-22)16-21-6-4-5-20(24(21)26)15-18-9-7-17(2)8-10-18/h3,7-16H,1,4-6H2,2H3/b20-15-,21-16-. The predicted octanol–water partition coefficient (Wildman–Crippen LogP) is 5.31. The summed E-state index contributed by atoms with van der Waals surface area (Å²) in [6.07, 6.45) is 7.58. The summed E-state index contributed by atoms with van der Waals surface area (Å²) in [5.74, 6) is 0.0791. The van der Waals surface area contributed by atoms with Crippen LogP contribution in [0.3, 0.4) is 0 Å². The van der Waals surface area contributed by atoms with Gasteiger partial charge in [0.05, 0.1) is 0 Å². The number of benzene rings is 2. The van der Waals surface area contributed by atoms with Crippen molar-refractivity contribution in [3.8, 4) is 5.75 Å².